The van der Waals surface area contributed by atoms with Crippen molar-refractivity contribution in [3.63, 3.8) is 0 Å². The van der Waals surface area contributed by atoms with Crippen molar-refractivity contribution in [2.24, 2.45) is 0 Å². The smallest absolute Gasteiger partial charge is 0.261 e. The number of hydrogen-bond acceptors (Lipinski definition) is 5. The number of phenols is 1. The van der Waals surface area contributed by atoms with Crippen LogP contribution in [0.5, 0.6) is 11.5 Å². The van der Waals surface area contributed by atoms with Crippen molar-refractivity contribution in [2.75, 3.05) is 12.4 Å². The molecule has 22 heavy (non-hydrogen) atoms. The molecule has 5 nitrogen and oxygen atoms in total. The molecule has 0 unspecified atom stereocenters. The molecule has 112 valence electrons. The van der Waals surface area contributed by atoms with Crippen LogP contribution in [0.25, 0.3) is 10.2 Å². The predicted molar refractivity (Wildman–Crippen MR) is 87.0 cm³/mol. The molecule has 0 aliphatic carbocycles. The molecule has 0 fully saturated rings. The number of aryl methyl sites for hydroxylation is 1. The lowest BCUT2D eigenvalue weighted by molar-refractivity contribution is 0.102. The van der Waals surface area contributed by atoms with Crippen LogP contribution in [0.1, 0.15) is 15.9 Å². The number of nitrogens with one attached hydrogen (secondary N) is 1. The number of anilines is 1. The van der Waals surface area contributed by atoms with Gasteiger partial charge in [0.05, 0.1) is 17.4 Å². The third-order valence-electron chi connectivity index (χ3n) is 3.22. The summed E-state index contributed by atoms with van der Waals surface area (Å²) in [6.07, 6.45) is 0. The van der Waals surface area contributed by atoms with E-state index in [1.165, 1.54) is 11.3 Å². The van der Waals surface area contributed by atoms with E-state index in [9.17, 15) is 9.90 Å². The number of ether oxygens (including phenoxy) is 1. The Morgan fingerprint density at radius 1 is 1.32 bits per heavy atom. The fourth-order valence-electron chi connectivity index (χ4n) is 2.14. The van der Waals surface area contributed by atoms with E-state index in [1.54, 1.807) is 25.3 Å². The number of aromatic nitrogens is 1. The van der Waals surface area contributed by atoms with Crippen molar-refractivity contribution in [3.05, 3.63) is 47.5 Å². The molecule has 0 saturated carbocycles. The Labute approximate surface area is 131 Å². The molecule has 0 spiro atoms. The molecule has 2 N–H and O–H groups in total. The Morgan fingerprint density at radius 2 is 2.14 bits per heavy atom. The van der Waals surface area contributed by atoms with E-state index in [2.05, 4.69) is 10.3 Å². The number of thiazole rings is 1. The van der Waals surface area contributed by atoms with Crippen LogP contribution in [0.2, 0.25) is 0 Å². The van der Waals surface area contributed by atoms with E-state index in [4.69, 9.17) is 4.74 Å². The highest BCUT2D eigenvalue weighted by atomic mass is 32.1. The summed E-state index contributed by atoms with van der Waals surface area (Å²) in [6.45, 7) is 1.85. The average molecular weight is 314 g/mol. The first kappa shape index (κ1) is 14.3. The number of amides is 1. The van der Waals surface area contributed by atoms with Gasteiger partial charge in [-0.3, -0.25) is 10.1 Å². The summed E-state index contributed by atoms with van der Waals surface area (Å²) in [5.74, 6) is 0.221. The highest BCUT2D eigenvalue weighted by molar-refractivity contribution is 7.22. The molecule has 0 atom stereocenters. The Hall–Kier alpha value is -2.60. The zero-order chi connectivity index (χ0) is 15.7. The number of aromatic hydroxyl groups is 1. The van der Waals surface area contributed by atoms with Crippen LogP contribution < -0.4 is 10.1 Å². The summed E-state index contributed by atoms with van der Waals surface area (Å²) < 4.78 is 6.17. The highest BCUT2D eigenvalue weighted by Gasteiger charge is 2.14. The van der Waals surface area contributed by atoms with E-state index in [0.29, 0.717) is 16.4 Å². The van der Waals surface area contributed by atoms with E-state index >= 15 is 0 Å². The second-order valence-corrected chi connectivity index (χ2v) is 5.83. The van der Waals surface area contributed by atoms with Gasteiger partial charge in [0.2, 0.25) is 0 Å². The van der Waals surface area contributed by atoms with Crippen LogP contribution in [-0.2, 0) is 0 Å². The Kier molecular flexibility index (Phi) is 3.68. The number of fused-ring (bicyclic) bond motifs is 1. The first-order valence-corrected chi connectivity index (χ1v) is 7.44. The van der Waals surface area contributed by atoms with Gasteiger partial charge in [-0.15, -0.1) is 0 Å². The maximum Gasteiger partial charge on any atom is 0.261 e. The van der Waals surface area contributed by atoms with Gasteiger partial charge in [0.25, 0.3) is 5.91 Å². The number of carbonyl (C=O) groups excluding carboxylic acids is 1. The zero-order valence-electron chi connectivity index (χ0n) is 12.1. The summed E-state index contributed by atoms with van der Waals surface area (Å²) in [4.78, 5) is 16.6. The van der Waals surface area contributed by atoms with Crippen LogP contribution in [0, 0.1) is 6.92 Å². The summed E-state index contributed by atoms with van der Waals surface area (Å²) in [6, 6.07) is 10.5. The maximum atomic E-state index is 12.2. The molecule has 1 aromatic heterocycles. The SMILES string of the molecule is COc1cccc2sc(NC(=O)c3ccc(C)cc3O)nc12. The number of phenolic OH excluding ortho intramolecular Hbond substituents is 1. The van der Waals surface area contributed by atoms with Crippen molar-refractivity contribution in [1.82, 2.24) is 4.98 Å². The number of nitrogens with zero attached hydrogens (tertiary/aromatic N) is 1. The van der Waals surface area contributed by atoms with E-state index in [1.807, 2.05) is 25.1 Å². The van der Waals surface area contributed by atoms with Crippen LogP contribution in [0.3, 0.4) is 0 Å². The lowest BCUT2D eigenvalue weighted by Gasteiger charge is -2.04. The molecular formula is C16H14N2O3S. The number of hydrogen-bond donors (Lipinski definition) is 2. The normalized spacial score (nSPS) is 10.6. The quantitative estimate of drug-likeness (QED) is 0.775. The number of rotatable bonds is 3. The van der Waals surface area contributed by atoms with Crippen LogP contribution in [-0.4, -0.2) is 23.1 Å². The van der Waals surface area contributed by atoms with E-state index in [0.717, 1.165) is 10.3 Å². The summed E-state index contributed by atoms with van der Waals surface area (Å²) in [5.41, 5.74) is 1.81. The van der Waals surface area contributed by atoms with E-state index in [-0.39, 0.29) is 11.3 Å². The standard InChI is InChI=1S/C16H14N2O3S/c1-9-6-7-10(11(19)8-9)15(20)18-16-17-14-12(21-2)4-3-5-13(14)22-16/h3-8,19H,1-2H3,(H,17,18,20). The lowest BCUT2D eigenvalue weighted by atomic mass is 10.1. The fraction of sp³-hybridized carbons (Fsp3) is 0.125. The minimum absolute atomic E-state index is 0.0452. The largest absolute Gasteiger partial charge is 0.507 e. The minimum atomic E-state index is -0.393. The molecule has 0 saturated heterocycles. The Bertz CT molecular complexity index is 858. The number of benzene rings is 2. The predicted octanol–water partition coefficient (Wildman–Crippen LogP) is 3.57. The molecule has 0 aliphatic rings. The van der Waals surface area contributed by atoms with Gasteiger partial charge in [0.15, 0.2) is 5.13 Å². The molecule has 2 aromatic carbocycles. The summed E-state index contributed by atoms with van der Waals surface area (Å²) in [5, 5.41) is 13.0. The zero-order valence-corrected chi connectivity index (χ0v) is 12.9. The van der Waals surface area contributed by atoms with Crippen molar-refractivity contribution in [3.8, 4) is 11.5 Å². The van der Waals surface area contributed by atoms with Gasteiger partial charge in [0, 0.05) is 0 Å². The lowest BCUT2D eigenvalue weighted by Crippen LogP contribution is -2.11. The van der Waals surface area contributed by atoms with E-state index < -0.39 is 5.91 Å². The number of methoxy groups -OCH3 is 1. The third-order valence-corrected chi connectivity index (χ3v) is 4.16. The third kappa shape index (κ3) is 2.60. The molecule has 1 amide bonds. The molecule has 3 aromatic rings. The van der Waals surface area contributed by atoms with Gasteiger partial charge >= 0.3 is 0 Å². The van der Waals surface area contributed by atoms with Gasteiger partial charge < -0.3 is 9.84 Å². The minimum Gasteiger partial charge on any atom is -0.507 e. The number of para-hydroxylation sites is 1. The molecule has 6 heteroatoms. The van der Waals surface area contributed by atoms with Crippen molar-refractivity contribution in [2.45, 2.75) is 6.92 Å². The Balaban J connectivity index is 1.91. The molecule has 1 heterocycles. The average Bonchev–Trinajstić information content (AvgIpc) is 2.89. The monoisotopic (exact) mass is 314 g/mol. The summed E-state index contributed by atoms with van der Waals surface area (Å²) >= 11 is 1.35. The molecule has 0 radical (unpaired) electrons. The van der Waals surface area contributed by atoms with Crippen molar-refractivity contribution < 1.29 is 14.6 Å². The van der Waals surface area contributed by atoms with Gasteiger partial charge in [0.1, 0.15) is 17.0 Å². The molecule has 0 bridgehead atoms. The second kappa shape index (κ2) is 5.65. The first-order valence-electron chi connectivity index (χ1n) is 6.63. The first-order chi connectivity index (χ1) is 10.6. The van der Waals surface area contributed by atoms with Crippen molar-refractivity contribution >= 4 is 32.6 Å². The van der Waals surface area contributed by atoms with Crippen LogP contribution in [0.15, 0.2) is 36.4 Å². The maximum absolute atomic E-state index is 12.2. The highest BCUT2D eigenvalue weighted by Crippen LogP contribution is 2.32. The number of carbonyl (C=O) groups is 1. The Morgan fingerprint density at radius 3 is 2.86 bits per heavy atom. The fourth-order valence-corrected chi connectivity index (χ4v) is 3.02. The van der Waals surface area contributed by atoms with Gasteiger partial charge in [-0.2, -0.15) is 0 Å². The molecule has 0 aliphatic heterocycles. The van der Waals surface area contributed by atoms with Gasteiger partial charge in [-0.05, 0) is 36.8 Å². The molecule has 3 rings (SSSR count). The second-order valence-electron chi connectivity index (χ2n) is 4.80. The van der Waals surface area contributed by atoms with Crippen molar-refractivity contribution in [1.29, 1.82) is 0 Å². The van der Waals surface area contributed by atoms with Gasteiger partial charge in [-0.25, -0.2) is 4.98 Å². The summed E-state index contributed by atoms with van der Waals surface area (Å²) in [7, 11) is 1.58. The molecular weight excluding hydrogens is 300 g/mol. The topological polar surface area (TPSA) is 71.5 Å². The van der Waals surface area contributed by atoms with Crippen LogP contribution >= 0.6 is 11.3 Å². The van der Waals surface area contributed by atoms with Gasteiger partial charge in [-0.1, -0.05) is 23.5 Å². The van der Waals surface area contributed by atoms with Crippen LogP contribution in [0.4, 0.5) is 5.13 Å².